The number of anilines is 1. The van der Waals surface area contributed by atoms with Crippen LogP contribution in [0.3, 0.4) is 0 Å². The Morgan fingerprint density at radius 3 is 2.74 bits per heavy atom. The lowest BCUT2D eigenvalue weighted by Crippen LogP contribution is -2.10. The molecular weight excluding hydrogens is 351 g/mol. The van der Waals surface area contributed by atoms with Gasteiger partial charge in [0.25, 0.3) is 0 Å². The van der Waals surface area contributed by atoms with E-state index < -0.39 is 0 Å². The third-order valence-corrected chi connectivity index (χ3v) is 3.10. The number of nitrogens with zero attached hydrogens (tertiary/aromatic N) is 1. The number of benzene rings is 1. The summed E-state index contributed by atoms with van der Waals surface area (Å²) in [6.07, 6.45) is 5.01. The average Bonchev–Trinajstić information content (AvgIpc) is 2.41. The van der Waals surface area contributed by atoms with Crippen molar-refractivity contribution in [1.29, 1.82) is 0 Å². The van der Waals surface area contributed by atoms with E-state index in [9.17, 15) is 4.79 Å². The molecule has 1 aromatic heterocycles. The number of carbonyl (C=O) groups excluding carboxylic acids is 1. The van der Waals surface area contributed by atoms with Gasteiger partial charge >= 0.3 is 0 Å². The van der Waals surface area contributed by atoms with Crippen LogP contribution in [0.1, 0.15) is 11.1 Å². The minimum atomic E-state index is -0.180. The van der Waals surface area contributed by atoms with E-state index in [0.29, 0.717) is 5.82 Å². The maximum Gasteiger partial charge on any atom is 0.249 e. The van der Waals surface area contributed by atoms with Gasteiger partial charge in [-0.3, -0.25) is 4.79 Å². The van der Waals surface area contributed by atoms with Gasteiger partial charge in [-0.05, 0) is 52.8 Å². The van der Waals surface area contributed by atoms with Crippen molar-refractivity contribution in [3.05, 3.63) is 63.4 Å². The molecule has 1 heterocycles. The normalized spacial score (nSPS) is 10.6. The van der Waals surface area contributed by atoms with Crippen LogP contribution in [-0.4, -0.2) is 10.9 Å². The van der Waals surface area contributed by atoms with E-state index >= 15 is 0 Å². The molecule has 0 aliphatic carbocycles. The molecule has 19 heavy (non-hydrogen) atoms. The average molecular weight is 364 g/mol. The van der Waals surface area contributed by atoms with Crippen molar-refractivity contribution in [2.75, 3.05) is 5.32 Å². The zero-order valence-corrected chi connectivity index (χ0v) is 12.6. The summed E-state index contributed by atoms with van der Waals surface area (Å²) in [6, 6.07) is 11.7. The summed E-state index contributed by atoms with van der Waals surface area (Å²) in [5.41, 5.74) is 1.94. The Labute approximate surface area is 125 Å². The van der Waals surface area contributed by atoms with Gasteiger partial charge in [0.1, 0.15) is 5.82 Å². The maximum atomic E-state index is 11.8. The summed E-state index contributed by atoms with van der Waals surface area (Å²) in [5, 5.41) is 2.77. The molecule has 0 aliphatic rings. The number of pyridine rings is 1. The molecule has 0 atom stereocenters. The van der Waals surface area contributed by atoms with Crippen molar-refractivity contribution in [1.82, 2.24) is 4.98 Å². The molecule has 96 valence electrons. The van der Waals surface area contributed by atoms with Crippen LogP contribution >= 0.6 is 22.6 Å². The molecule has 1 N–H and O–H groups in total. The maximum absolute atomic E-state index is 11.8. The molecule has 1 amide bonds. The van der Waals surface area contributed by atoms with E-state index in [-0.39, 0.29) is 5.91 Å². The lowest BCUT2D eigenvalue weighted by atomic mass is 10.2. The molecule has 0 unspecified atom stereocenters. The molecule has 0 aliphatic heterocycles. The fourth-order valence-electron chi connectivity index (χ4n) is 1.57. The third kappa shape index (κ3) is 4.17. The fourth-order valence-corrected chi connectivity index (χ4v) is 2.17. The minimum absolute atomic E-state index is 0.180. The summed E-state index contributed by atoms with van der Waals surface area (Å²) in [6.45, 7) is 1.92. The predicted octanol–water partition coefficient (Wildman–Crippen LogP) is 3.65. The molecule has 0 radical (unpaired) electrons. The summed E-state index contributed by atoms with van der Waals surface area (Å²) in [7, 11) is 0. The number of carbonyl (C=O) groups is 1. The van der Waals surface area contributed by atoms with Gasteiger partial charge in [-0.1, -0.05) is 30.3 Å². The monoisotopic (exact) mass is 364 g/mol. The zero-order valence-electron chi connectivity index (χ0n) is 10.4. The topological polar surface area (TPSA) is 42.0 Å². The van der Waals surface area contributed by atoms with Crippen molar-refractivity contribution in [3.63, 3.8) is 0 Å². The Kier molecular flexibility index (Phi) is 4.68. The van der Waals surface area contributed by atoms with E-state index in [1.807, 2.05) is 43.3 Å². The minimum Gasteiger partial charge on any atom is -0.307 e. The van der Waals surface area contributed by atoms with Crippen LogP contribution in [0, 0.1) is 10.5 Å². The number of amides is 1. The van der Waals surface area contributed by atoms with E-state index in [0.717, 1.165) is 14.7 Å². The van der Waals surface area contributed by atoms with Crippen LogP contribution in [0.2, 0.25) is 0 Å². The van der Waals surface area contributed by atoms with E-state index in [1.54, 1.807) is 12.3 Å². The van der Waals surface area contributed by atoms with Gasteiger partial charge < -0.3 is 5.32 Å². The Morgan fingerprint density at radius 2 is 2.05 bits per heavy atom. The van der Waals surface area contributed by atoms with E-state index in [1.165, 1.54) is 6.08 Å². The number of rotatable bonds is 3. The first-order chi connectivity index (χ1) is 9.15. The molecule has 0 saturated carbocycles. The summed E-state index contributed by atoms with van der Waals surface area (Å²) in [4.78, 5) is 16.0. The number of nitrogens with one attached hydrogen (secondary N) is 1. The first kappa shape index (κ1) is 13.7. The molecule has 0 bridgehead atoms. The molecule has 0 spiro atoms. The first-order valence-electron chi connectivity index (χ1n) is 5.81. The Bertz CT molecular complexity index is 609. The second-order valence-corrected chi connectivity index (χ2v) is 5.30. The van der Waals surface area contributed by atoms with Crippen molar-refractivity contribution >= 4 is 40.4 Å². The first-order valence-corrected chi connectivity index (χ1v) is 6.89. The van der Waals surface area contributed by atoms with Crippen LogP contribution in [0.25, 0.3) is 6.08 Å². The lowest BCUT2D eigenvalue weighted by Gasteiger charge is -2.05. The van der Waals surface area contributed by atoms with Gasteiger partial charge in [0, 0.05) is 15.8 Å². The number of hydrogen-bond acceptors (Lipinski definition) is 2. The van der Waals surface area contributed by atoms with Crippen molar-refractivity contribution < 1.29 is 4.79 Å². The van der Waals surface area contributed by atoms with Gasteiger partial charge in [0.05, 0.1) is 0 Å². The Balaban J connectivity index is 2.04. The van der Waals surface area contributed by atoms with Crippen molar-refractivity contribution in [2.45, 2.75) is 6.92 Å². The van der Waals surface area contributed by atoms with Gasteiger partial charge in [-0.25, -0.2) is 4.98 Å². The van der Waals surface area contributed by atoms with Gasteiger partial charge in [-0.2, -0.15) is 0 Å². The zero-order chi connectivity index (χ0) is 13.7. The van der Waals surface area contributed by atoms with Crippen molar-refractivity contribution in [3.8, 4) is 0 Å². The van der Waals surface area contributed by atoms with Crippen LogP contribution < -0.4 is 5.32 Å². The van der Waals surface area contributed by atoms with Crippen LogP contribution in [0.15, 0.2) is 48.7 Å². The standard InChI is InChI=1S/C15H13IN2O/c1-11-9-13(16)10-17-15(11)18-14(19)8-7-12-5-3-2-4-6-12/h2-10H,1H3,(H,17,18,19). The van der Waals surface area contributed by atoms with Gasteiger partial charge in [0.15, 0.2) is 0 Å². The van der Waals surface area contributed by atoms with E-state index in [4.69, 9.17) is 0 Å². The third-order valence-electron chi connectivity index (χ3n) is 2.51. The molecule has 2 aromatic rings. The number of aryl methyl sites for hydroxylation is 1. The number of halogens is 1. The summed E-state index contributed by atoms with van der Waals surface area (Å²) < 4.78 is 1.05. The largest absolute Gasteiger partial charge is 0.307 e. The Morgan fingerprint density at radius 1 is 1.32 bits per heavy atom. The molecule has 3 nitrogen and oxygen atoms in total. The van der Waals surface area contributed by atoms with E-state index in [2.05, 4.69) is 32.9 Å². The fraction of sp³-hybridized carbons (Fsp3) is 0.0667. The second kappa shape index (κ2) is 6.47. The molecule has 0 fully saturated rings. The lowest BCUT2D eigenvalue weighted by molar-refractivity contribution is -0.111. The Hall–Kier alpha value is -1.69. The smallest absolute Gasteiger partial charge is 0.249 e. The molecule has 2 rings (SSSR count). The highest BCUT2D eigenvalue weighted by Gasteiger charge is 2.03. The number of hydrogen-bond donors (Lipinski definition) is 1. The van der Waals surface area contributed by atoms with Crippen LogP contribution in [0.4, 0.5) is 5.82 Å². The second-order valence-electron chi connectivity index (χ2n) is 4.05. The summed E-state index contributed by atoms with van der Waals surface area (Å²) >= 11 is 2.19. The highest BCUT2D eigenvalue weighted by molar-refractivity contribution is 14.1. The predicted molar refractivity (Wildman–Crippen MR) is 85.8 cm³/mol. The van der Waals surface area contributed by atoms with Crippen LogP contribution in [0.5, 0.6) is 0 Å². The van der Waals surface area contributed by atoms with Crippen molar-refractivity contribution in [2.24, 2.45) is 0 Å². The van der Waals surface area contributed by atoms with Gasteiger partial charge in [0.2, 0.25) is 5.91 Å². The summed E-state index contributed by atoms with van der Waals surface area (Å²) in [5.74, 6) is 0.420. The van der Waals surface area contributed by atoms with Crippen LogP contribution in [-0.2, 0) is 4.79 Å². The highest BCUT2D eigenvalue weighted by atomic mass is 127. The SMILES string of the molecule is Cc1cc(I)cnc1NC(=O)C=Cc1ccccc1. The molecule has 4 heteroatoms. The quantitative estimate of drug-likeness (QED) is 0.668. The molecule has 1 aromatic carbocycles. The molecule has 0 saturated heterocycles. The molecular formula is C15H13IN2O. The highest BCUT2D eigenvalue weighted by Crippen LogP contribution is 2.14. The van der Waals surface area contributed by atoms with Gasteiger partial charge in [-0.15, -0.1) is 0 Å². The number of aromatic nitrogens is 1.